The normalized spacial score (nSPS) is 11.6. The lowest BCUT2D eigenvalue weighted by atomic mass is 10.1. The fourth-order valence-electron chi connectivity index (χ4n) is 2.69. The van der Waals surface area contributed by atoms with Crippen LogP contribution in [0.5, 0.6) is 5.75 Å². The molecule has 0 aliphatic rings. The number of sulfonamides is 1. The minimum Gasteiger partial charge on any atom is -0.497 e. The van der Waals surface area contributed by atoms with Crippen molar-refractivity contribution in [2.45, 2.75) is 18.2 Å². The van der Waals surface area contributed by atoms with Crippen molar-refractivity contribution in [1.29, 1.82) is 0 Å². The molecule has 7 heteroatoms. The van der Waals surface area contributed by atoms with Gasteiger partial charge < -0.3 is 9.72 Å². The van der Waals surface area contributed by atoms with Crippen LogP contribution in [0.15, 0.2) is 58.2 Å². The van der Waals surface area contributed by atoms with E-state index in [1.807, 2.05) is 24.3 Å². The van der Waals surface area contributed by atoms with Crippen molar-refractivity contribution in [2.24, 2.45) is 0 Å². The number of nitrogens with one attached hydrogen (secondary N) is 2. The summed E-state index contributed by atoms with van der Waals surface area (Å²) in [5, 5.41) is 0.928. The molecule has 0 amide bonds. The van der Waals surface area contributed by atoms with E-state index in [-0.39, 0.29) is 17.0 Å². The number of H-pyrrole nitrogens is 1. The lowest BCUT2D eigenvalue weighted by Crippen LogP contribution is -2.26. The minimum atomic E-state index is -3.56. The lowest BCUT2D eigenvalue weighted by Gasteiger charge is -2.08. The van der Waals surface area contributed by atoms with Crippen LogP contribution in [0, 0.1) is 6.92 Å². The van der Waals surface area contributed by atoms with E-state index in [9.17, 15) is 13.2 Å². The number of ether oxygens (including phenoxy) is 1. The summed E-state index contributed by atoms with van der Waals surface area (Å²) in [6.07, 6.45) is 0.545. The molecule has 1 heterocycles. The van der Waals surface area contributed by atoms with Gasteiger partial charge in [-0.25, -0.2) is 13.1 Å². The van der Waals surface area contributed by atoms with Crippen LogP contribution in [0.2, 0.25) is 0 Å². The molecule has 0 radical (unpaired) electrons. The van der Waals surface area contributed by atoms with Crippen LogP contribution in [0.1, 0.15) is 11.1 Å². The lowest BCUT2D eigenvalue weighted by molar-refractivity contribution is 0.414. The highest BCUT2D eigenvalue weighted by Crippen LogP contribution is 2.16. The Balaban J connectivity index is 1.69. The molecule has 0 atom stereocenters. The second-order valence-electron chi connectivity index (χ2n) is 6.03. The monoisotopic (exact) mass is 372 g/mol. The van der Waals surface area contributed by atoms with E-state index in [1.165, 1.54) is 19.2 Å². The summed E-state index contributed by atoms with van der Waals surface area (Å²) in [6.45, 7) is 2.04. The van der Waals surface area contributed by atoms with E-state index in [0.717, 1.165) is 16.5 Å². The minimum absolute atomic E-state index is 0.0995. The molecular weight excluding hydrogens is 352 g/mol. The smallest absolute Gasteiger partial charge is 0.251 e. The number of methoxy groups -OCH3 is 1. The molecule has 3 rings (SSSR count). The van der Waals surface area contributed by atoms with Crippen molar-refractivity contribution >= 4 is 20.9 Å². The predicted octanol–water partition coefficient (Wildman–Crippen LogP) is 2.37. The van der Waals surface area contributed by atoms with E-state index < -0.39 is 10.0 Å². The first kappa shape index (κ1) is 18.2. The number of hydrogen-bond donors (Lipinski definition) is 2. The number of pyridine rings is 1. The summed E-state index contributed by atoms with van der Waals surface area (Å²) in [7, 11) is -2.03. The van der Waals surface area contributed by atoms with Crippen LogP contribution >= 0.6 is 0 Å². The van der Waals surface area contributed by atoms with E-state index in [1.54, 1.807) is 19.1 Å². The Kier molecular flexibility index (Phi) is 5.11. The molecule has 0 bridgehead atoms. The number of aromatic nitrogens is 1. The Labute approximate surface area is 151 Å². The fraction of sp³-hybridized carbons (Fsp3) is 0.211. The number of rotatable bonds is 6. The van der Waals surface area contributed by atoms with Crippen LogP contribution in [0.3, 0.4) is 0 Å². The van der Waals surface area contributed by atoms with Gasteiger partial charge in [0.1, 0.15) is 5.75 Å². The fourth-order valence-corrected chi connectivity index (χ4v) is 3.72. The zero-order valence-corrected chi connectivity index (χ0v) is 15.4. The molecule has 0 spiro atoms. The third kappa shape index (κ3) is 3.95. The Morgan fingerprint density at radius 1 is 1.08 bits per heavy atom. The summed E-state index contributed by atoms with van der Waals surface area (Å²) < 4.78 is 32.3. The van der Waals surface area contributed by atoms with Gasteiger partial charge in [0.15, 0.2) is 0 Å². The first-order valence-corrected chi connectivity index (χ1v) is 9.64. The maximum absolute atomic E-state index is 12.3. The average Bonchev–Trinajstić information content (AvgIpc) is 2.63. The molecule has 0 saturated heterocycles. The van der Waals surface area contributed by atoms with Gasteiger partial charge in [-0.2, -0.15) is 0 Å². The van der Waals surface area contributed by atoms with Crippen LogP contribution in [-0.4, -0.2) is 27.1 Å². The maximum Gasteiger partial charge on any atom is 0.251 e. The second-order valence-corrected chi connectivity index (χ2v) is 7.79. The van der Waals surface area contributed by atoms with Gasteiger partial charge >= 0.3 is 0 Å². The zero-order valence-electron chi connectivity index (χ0n) is 14.6. The molecule has 0 aliphatic carbocycles. The van der Waals surface area contributed by atoms with Crippen molar-refractivity contribution in [3.63, 3.8) is 0 Å². The van der Waals surface area contributed by atoms with Crippen molar-refractivity contribution in [1.82, 2.24) is 9.71 Å². The molecule has 3 aromatic rings. The Bertz CT molecular complexity index is 1090. The first-order chi connectivity index (χ1) is 12.4. The molecule has 6 nitrogen and oxygen atoms in total. The van der Waals surface area contributed by atoms with Gasteiger partial charge in [-0.1, -0.05) is 6.07 Å². The van der Waals surface area contributed by atoms with Crippen molar-refractivity contribution < 1.29 is 13.2 Å². The Morgan fingerprint density at radius 3 is 2.50 bits per heavy atom. The van der Waals surface area contributed by atoms with Gasteiger partial charge in [0.25, 0.3) is 5.56 Å². The van der Waals surface area contributed by atoms with Crippen molar-refractivity contribution in [3.8, 4) is 5.75 Å². The number of benzene rings is 2. The molecule has 26 heavy (non-hydrogen) atoms. The van der Waals surface area contributed by atoms with Crippen LogP contribution in [0.4, 0.5) is 0 Å². The van der Waals surface area contributed by atoms with Gasteiger partial charge in [-0.3, -0.25) is 4.79 Å². The summed E-state index contributed by atoms with van der Waals surface area (Å²) in [6, 6.07) is 13.8. The summed E-state index contributed by atoms with van der Waals surface area (Å²) in [5.41, 5.74) is 2.30. The van der Waals surface area contributed by atoms with E-state index >= 15 is 0 Å². The highest BCUT2D eigenvalue weighted by molar-refractivity contribution is 7.89. The molecule has 2 aromatic carbocycles. The SMILES string of the molecule is COc1ccc(S(=O)(=O)NCCc2ccc3[nH]c(=O)c(C)cc3c2)cc1. The van der Waals surface area contributed by atoms with Gasteiger partial charge in [0, 0.05) is 17.6 Å². The van der Waals surface area contributed by atoms with Crippen molar-refractivity contribution in [3.05, 3.63) is 70.0 Å². The number of aromatic amines is 1. The molecular formula is C19H20N2O4S. The summed E-state index contributed by atoms with van der Waals surface area (Å²) >= 11 is 0. The van der Waals surface area contributed by atoms with Gasteiger partial charge in [0.05, 0.1) is 12.0 Å². The van der Waals surface area contributed by atoms with Gasteiger partial charge in [-0.05, 0) is 66.8 Å². The summed E-state index contributed by atoms with van der Waals surface area (Å²) in [5.74, 6) is 0.605. The third-order valence-electron chi connectivity index (χ3n) is 4.17. The highest BCUT2D eigenvalue weighted by atomic mass is 32.2. The van der Waals surface area contributed by atoms with Gasteiger partial charge in [0.2, 0.25) is 10.0 Å². The van der Waals surface area contributed by atoms with E-state index in [4.69, 9.17) is 4.74 Å². The Morgan fingerprint density at radius 2 is 1.81 bits per heavy atom. The average molecular weight is 372 g/mol. The topological polar surface area (TPSA) is 88.3 Å². The number of fused-ring (bicyclic) bond motifs is 1. The molecule has 0 fully saturated rings. The molecule has 0 aliphatic heterocycles. The predicted molar refractivity (Wildman–Crippen MR) is 101 cm³/mol. The highest BCUT2D eigenvalue weighted by Gasteiger charge is 2.13. The van der Waals surface area contributed by atoms with Gasteiger partial charge in [-0.15, -0.1) is 0 Å². The van der Waals surface area contributed by atoms with E-state index in [2.05, 4.69) is 9.71 Å². The number of hydrogen-bond acceptors (Lipinski definition) is 4. The van der Waals surface area contributed by atoms with Crippen LogP contribution in [-0.2, 0) is 16.4 Å². The van der Waals surface area contributed by atoms with Crippen molar-refractivity contribution in [2.75, 3.05) is 13.7 Å². The Hall–Kier alpha value is -2.64. The largest absolute Gasteiger partial charge is 0.497 e. The maximum atomic E-state index is 12.3. The quantitative estimate of drug-likeness (QED) is 0.695. The molecule has 1 aromatic heterocycles. The van der Waals surface area contributed by atoms with E-state index in [0.29, 0.717) is 17.7 Å². The first-order valence-electron chi connectivity index (χ1n) is 8.15. The van der Waals surface area contributed by atoms with Crippen LogP contribution in [0.25, 0.3) is 10.9 Å². The third-order valence-corrected chi connectivity index (χ3v) is 5.65. The van der Waals surface area contributed by atoms with Crippen LogP contribution < -0.4 is 15.0 Å². The molecule has 136 valence electrons. The summed E-state index contributed by atoms with van der Waals surface area (Å²) in [4.78, 5) is 14.7. The second kappa shape index (κ2) is 7.31. The molecule has 2 N–H and O–H groups in total. The number of aryl methyl sites for hydroxylation is 1. The standard InChI is InChI=1S/C19H20N2O4S/c1-13-11-15-12-14(3-8-18(15)21-19(13)22)9-10-20-26(23,24)17-6-4-16(25-2)5-7-17/h3-8,11-12,20H,9-10H2,1-2H3,(H,21,22). The zero-order chi connectivity index (χ0) is 18.7. The molecule has 0 saturated carbocycles. The molecule has 0 unspecified atom stereocenters.